The number of hydrogen-bond donors (Lipinski definition) is 1. The molecule has 30 heavy (non-hydrogen) atoms. The van der Waals surface area contributed by atoms with Gasteiger partial charge in [-0.2, -0.15) is 5.06 Å². The molecule has 1 unspecified atom stereocenters. The first kappa shape index (κ1) is 20.9. The number of urea groups is 1. The van der Waals surface area contributed by atoms with Gasteiger partial charge in [0.25, 0.3) is 7.41 Å². The molecule has 3 aliphatic heterocycles. The smallest absolute Gasteiger partial charge is 0.365 e. The predicted molar refractivity (Wildman–Crippen MR) is 113 cm³/mol. The van der Waals surface area contributed by atoms with Gasteiger partial charge in [-0.3, -0.25) is 4.84 Å². The molecule has 1 aromatic carbocycles. The van der Waals surface area contributed by atoms with Crippen LogP contribution in [0.2, 0.25) is 6.82 Å². The molecule has 9 nitrogen and oxygen atoms in total. The van der Waals surface area contributed by atoms with E-state index < -0.39 is 7.05 Å². The summed E-state index contributed by atoms with van der Waals surface area (Å²) in [5.74, 6) is 0. The van der Waals surface area contributed by atoms with E-state index in [9.17, 15) is 14.6 Å². The summed E-state index contributed by atoms with van der Waals surface area (Å²) in [5.41, 5.74) is 1.86. The molecule has 3 atom stereocenters. The summed E-state index contributed by atoms with van der Waals surface area (Å²) in [7, 11) is -0.607. The predicted octanol–water partition coefficient (Wildman–Crippen LogP) is 0.486. The van der Waals surface area contributed by atoms with Crippen molar-refractivity contribution in [2.75, 3.05) is 13.1 Å². The van der Waals surface area contributed by atoms with E-state index >= 15 is 0 Å². The Balaban J connectivity index is 1.34. The third-order valence-corrected chi connectivity index (χ3v) is 5.95. The van der Waals surface area contributed by atoms with E-state index in [1.54, 1.807) is 11.5 Å². The molecule has 0 aromatic heterocycles. The molecule has 158 valence electrons. The van der Waals surface area contributed by atoms with Crippen LogP contribution in [-0.2, 0) is 21.1 Å². The quantitative estimate of drug-likeness (QED) is 0.469. The monoisotopic (exact) mass is 412 g/mol. The summed E-state index contributed by atoms with van der Waals surface area (Å²) in [5, 5.41) is 15.6. The number of piperidine rings is 1. The zero-order valence-electron chi connectivity index (χ0n) is 17.1. The highest BCUT2D eigenvalue weighted by Crippen LogP contribution is 2.33. The van der Waals surface area contributed by atoms with Crippen molar-refractivity contribution in [2.45, 2.75) is 50.9 Å². The largest absolute Gasteiger partial charge is 0.438 e. The van der Waals surface area contributed by atoms with Crippen LogP contribution in [0.5, 0.6) is 0 Å². The first-order valence-corrected chi connectivity index (χ1v) is 10.4. The number of hydroxylamine groups is 2. The second-order valence-electron chi connectivity index (χ2n) is 8.03. The lowest BCUT2D eigenvalue weighted by Gasteiger charge is -2.30. The molecule has 1 aromatic rings. The second kappa shape index (κ2) is 9.20. The molecule has 2 saturated heterocycles. The van der Waals surface area contributed by atoms with Crippen molar-refractivity contribution in [3.05, 3.63) is 35.9 Å². The van der Waals surface area contributed by atoms with E-state index in [-0.39, 0.29) is 31.6 Å². The van der Waals surface area contributed by atoms with Gasteiger partial charge in [-0.15, -0.1) is 0 Å². The Morgan fingerprint density at radius 1 is 1.40 bits per heavy atom. The molecular weight excluding hydrogens is 386 g/mol. The second-order valence-corrected chi connectivity index (χ2v) is 8.03. The van der Waals surface area contributed by atoms with Crippen molar-refractivity contribution in [3.63, 3.8) is 0 Å². The molecule has 3 aliphatic rings. The lowest BCUT2D eigenvalue weighted by molar-refractivity contribution is -0.140. The van der Waals surface area contributed by atoms with Crippen LogP contribution in [0.4, 0.5) is 4.79 Å². The van der Waals surface area contributed by atoms with Crippen LogP contribution in [0.25, 0.3) is 0 Å². The van der Waals surface area contributed by atoms with Crippen molar-refractivity contribution >= 4 is 32.4 Å². The van der Waals surface area contributed by atoms with Crippen LogP contribution >= 0.6 is 0 Å². The van der Waals surface area contributed by atoms with Crippen LogP contribution in [-0.4, -0.2) is 83.4 Å². The SMILES string of the molecule is CB(O)N(BC=O)C[C@H]1CC([C@@H]2CCC3CN2C(=O)N3OCc2ccccc2)=NO1. The van der Waals surface area contributed by atoms with Gasteiger partial charge in [-0.25, -0.2) is 4.79 Å². The Morgan fingerprint density at radius 3 is 2.93 bits per heavy atom. The average molecular weight is 412 g/mol. The highest BCUT2D eigenvalue weighted by molar-refractivity contribution is 6.73. The molecule has 0 aliphatic carbocycles. The van der Waals surface area contributed by atoms with Gasteiger partial charge in [0.2, 0.25) is 0 Å². The molecule has 11 heteroatoms. The summed E-state index contributed by atoms with van der Waals surface area (Å²) in [6.45, 7) is 3.00. The molecule has 0 saturated carbocycles. The number of oxime groups is 1. The van der Waals surface area contributed by atoms with E-state index in [0.717, 1.165) is 30.3 Å². The molecule has 0 radical (unpaired) electrons. The van der Waals surface area contributed by atoms with E-state index in [0.29, 0.717) is 26.1 Å². The fraction of sp³-hybridized carbons (Fsp3) is 0.526. The summed E-state index contributed by atoms with van der Waals surface area (Å²) < 4.78 is 1.63. The van der Waals surface area contributed by atoms with E-state index in [1.165, 1.54) is 5.06 Å². The van der Waals surface area contributed by atoms with Gasteiger partial charge in [0.05, 0.1) is 24.0 Å². The molecule has 4 rings (SSSR count). The zero-order chi connectivity index (χ0) is 21.1. The molecular formula is C19H26B2N4O5. The number of amides is 2. The summed E-state index contributed by atoms with van der Waals surface area (Å²) in [6.07, 6.45) is 2.75. The number of carbonyl (C=O) groups excluding carboxylic acids is 2. The maximum atomic E-state index is 13.0. The van der Waals surface area contributed by atoms with Gasteiger partial charge in [-0.1, -0.05) is 35.5 Å². The molecule has 0 spiro atoms. The lowest BCUT2D eigenvalue weighted by atomic mass is 9.73. The van der Waals surface area contributed by atoms with Gasteiger partial charge < -0.3 is 24.3 Å². The Bertz CT molecular complexity index is 796. The average Bonchev–Trinajstić information content (AvgIpc) is 3.31. The third kappa shape index (κ3) is 4.38. The molecule has 2 bridgehead atoms. The number of carbonyl (C=O) groups is 2. The number of hydrogen-bond acceptors (Lipinski definition) is 7. The number of fused-ring (bicyclic) bond motifs is 2. The fourth-order valence-corrected chi connectivity index (χ4v) is 4.34. The van der Waals surface area contributed by atoms with Crippen LogP contribution < -0.4 is 0 Å². The van der Waals surface area contributed by atoms with Gasteiger partial charge >= 0.3 is 13.1 Å². The van der Waals surface area contributed by atoms with Crippen LogP contribution in [0, 0.1) is 0 Å². The summed E-state index contributed by atoms with van der Waals surface area (Å²) >= 11 is 0. The van der Waals surface area contributed by atoms with Gasteiger partial charge in [-0.05, 0) is 25.2 Å². The first-order chi connectivity index (χ1) is 14.6. The van der Waals surface area contributed by atoms with Gasteiger partial charge in [0, 0.05) is 19.5 Å². The van der Waals surface area contributed by atoms with Crippen LogP contribution in [0.1, 0.15) is 24.8 Å². The minimum atomic E-state index is -0.742. The first-order valence-electron chi connectivity index (χ1n) is 10.4. The third-order valence-electron chi connectivity index (χ3n) is 5.95. The van der Waals surface area contributed by atoms with Crippen molar-refractivity contribution in [3.8, 4) is 0 Å². The number of rotatable bonds is 9. The van der Waals surface area contributed by atoms with Crippen molar-refractivity contribution in [2.24, 2.45) is 5.16 Å². The Kier molecular flexibility index (Phi) is 6.40. The maximum Gasteiger partial charge on any atom is 0.365 e. The van der Waals surface area contributed by atoms with Crippen molar-refractivity contribution in [1.82, 2.24) is 14.7 Å². The normalized spacial score (nSPS) is 25.4. The van der Waals surface area contributed by atoms with Crippen molar-refractivity contribution < 1.29 is 24.3 Å². The summed E-state index contributed by atoms with van der Waals surface area (Å²) in [4.78, 5) is 37.0. The maximum absolute atomic E-state index is 13.0. The Labute approximate surface area is 176 Å². The Hall–Kier alpha value is -2.36. The van der Waals surface area contributed by atoms with Crippen LogP contribution in [0.3, 0.4) is 0 Å². The standard InChI is InChI=1S/C19H26B2N4O5/c1-21(28)24(20-13-26)11-16-9-17(22-30-16)18-8-7-15-10-23(18)19(27)25(15)29-12-14-5-3-2-4-6-14/h2-6,13,15-16,18,20,28H,7-12H2,1H3/t15?,16-,18+/m1/s1. The molecule has 2 fully saturated rings. The molecule has 3 heterocycles. The van der Waals surface area contributed by atoms with E-state index in [2.05, 4.69) is 5.16 Å². The minimum absolute atomic E-state index is 0.0505. The number of nitrogens with zero attached hydrogens (tertiary/aromatic N) is 4. The highest BCUT2D eigenvalue weighted by Gasteiger charge is 2.48. The van der Waals surface area contributed by atoms with Crippen LogP contribution in [0.15, 0.2) is 35.5 Å². The molecule has 1 N–H and O–H groups in total. The summed E-state index contributed by atoms with van der Waals surface area (Å²) in [6, 6.07) is 9.62. The molecule has 2 amide bonds. The van der Waals surface area contributed by atoms with Gasteiger partial charge in [0.15, 0.2) is 0 Å². The van der Waals surface area contributed by atoms with Crippen molar-refractivity contribution in [1.29, 1.82) is 0 Å². The van der Waals surface area contributed by atoms with E-state index in [4.69, 9.17) is 9.68 Å². The Morgan fingerprint density at radius 2 is 2.20 bits per heavy atom. The van der Waals surface area contributed by atoms with Gasteiger partial charge in [0.1, 0.15) is 12.7 Å². The highest BCUT2D eigenvalue weighted by atomic mass is 16.7. The number of benzene rings is 1. The lowest BCUT2D eigenvalue weighted by Crippen LogP contribution is -2.47. The fourth-order valence-electron chi connectivity index (χ4n) is 4.34. The topological polar surface area (TPSA) is 94.9 Å². The van der Waals surface area contributed by atoms with E-state index in [1.807, 2.05) is 35.2 Å². The zero-order valence-corrected chi connectivity index (χ0v) is 17.1. The minimum Gasteiger partial charge on any atom is -0.438 e.